The van der Waals surface area contributed by atoms with Crippen LogP contribution in [0.3, 0.4) is 0 Å². The summed E-state index contributed by atoms with van der Waals surface area (Å²) in [6.45, 7) is 3.36. The molecule has 17 heavy (non-hydrogen) atoms. The van der Waals surface area contributed by atoms with Crippen LogP contribution in [0.25, 0.3) is 0 Å². The normalized spacial score (nSPS) is 23.7. The van der Waals surface area contributed by atoms with Gasteiger partial charge in [0.05, 0.1) is 14.2 Å². The predicted octanol–water partition coefficient (Wildman–Crippen LogP) is 2.76. The first kappa shape index (κ1) is 12.2. The molecular weight excluding hydrogens is 214 g/mol. The van der Waals surface area contributed by atoms with Crippen LogP contribution in [0.4, 0.5) is 0 Å². The average Bonchev–Trinajstić information content (AvgIpc) is 2.86. The summed E-state index contributed by atoms with van der Waals surface area (Å²) in [5, 5.41) is 3.57. The number of ether oxygens (including phenoxy) is 2. The van der Waals surface area contributed by atoms with Crippen LogP contribution in [-0.4, -0.2) is 20.8 Å². The van der Waals surface area contributed by atoms with Crippen molar-refractivity contribution in [2.24, 2.45) is 5.92 Å². The Labute approximate surface area is 103 Å². The van der Waals surface area contributed by atoms with Gasteiger partial charge >= 0.3 is 0 Å². The highest BCUT2D eigenvalue weighted by atomic mass is 16.5. The zero-order valence-electron chi connectivity index (χ0n) is 10.8. The highest BCUT2D eigenvalue weighted by Gasteiger charge is 2.27. The van der Waals surface area contributed by atoms with E-state index in [0.717, 1.165) is 24.0 Å². The molecule has 0 saturated carbocycles. The van der Waals surface area contributed by atoms with Gasteiger partial charge in [-0.15, -0.1) is 0 Å². The second kappa shape index (κ2) is 5.41. The van der Waals surface area contributed by atoms with Gasteiger partial charge in [-0.3, -0.25) is 0 Å². The summed E-state index contributed by atoms with van der Waals surface area (Å²) in [6, 6.07) is 6.66. The lowest BCUT2D eigenvalue weighted by Crippen LogP contribution is -2.17. The zero-order chi connectivity index (χ0) is 12.3. The van der Waals surface area contributed by atoms with Gasteiger partial charge in [0.2, 0.25) is 0 Å². The first-order valence-corrected chi connectivity index (χ1v) is 6.25. The fourth-order valence-electron chi connectivity index (χ4n) is 2.63. The molecule has 1 aliphatic heterocycles. The largest absolute Gasteiger partial charge is 0.493 e. The van der Waals surface area contributed by atoms with Gasteiger partial charge in [0.25, 0.3) is 0 Å². The Morgan fingerprint density at radius 1 is 1.24 bits per heavy atom. The van der Waals surface area contributed by atoms with Gasteiger partial charge in [0.15, 0.2) is 11.5 Å². The Balaban J connectivity index is 2.26. The molecule has 1 aromatic carbocycles. The van der Waals surface area contributed by atoms with Crippen LogP contribution in [0.1, 0.15) is 31.4 Å². The first-order chi connectivity index (χ1) is 8.30. The summed E-state index contributed by atoms with van der Waals surface area (Å²) >= 11 is 0. The van der Waals surface area contributed by atoms with Gasteiger partial charge in [0, 0.05) is 6.04 Å². The monoisotopic (exact) mass is 235 g/mol. The zero-order valence-corrected chi connectivity index (χ0v) is 10.8. The van der Waals surface area contributed by atoms with Crippen molar-refractivity contribution in [3.8, 4) is 11.5 Å². The second-order valence-corrected chi connectivity index (χ2v) is 4.50. The number of rotatable bonds is 4. The third kappa shape index (κ3) is 2.39. The van der Waals surface area contributed by atoms with Crippen LogP contribution >= 0.6 is 0 Å². The molecule has 1 aliphatic rings. The summed E-state index contributed by atoms with van der Waals surface area (Å²) in [6.07, 6.45) is 2.47. The van der Waals surface area contributed by atoms with E-state index in [4.69, 9.17) is 9.47 Å². The van der Waals surface area contributed by atoms with E-state index in [1.807, 2.05) is 6.07 Å². The van der Waals surface area contributed by atoms with Gasteiger partial charge in [-0.25, -0.2) is 0 Å². The van der Waals surface area contributed by atoms with Crippen LogP contribution in [-0.2, 0) is 0 Å². The molecule has 2 rings (SSSR count). The molecule has 0 amide bonds. The van der Waals surface area contributed by atoms with Crippen molar-refractivity contribution in [3.63, 3.8) is 0 Å². The van der Waals surface area contributed by atoms with Crippen molar-refractivity contribution in [1.29, 1.82) is 0 Å². The van der Waals surface area contributed by atoms with Gasteiger partial charge in [-0.2, -0.15) is 0 Å². The number of hydrogen-bond acceptors (Lipinski definition) is 3. The number of nitrogens with one attached hydrogen (secondary N) is 1. The fourth-order valence-corrected chi connectivity index (χ4v) is 2.63. The highest BCUT2D eigenvalue weighted by Crippen LogP contribution is 2.36. The molecular formula is C14H21NO2. The smallest absolute Gasteiger partial charge is 0.161 e. The fraction of sp³-hybridized carbons (Fsp3) is 0.571. The van der Waals surface area contributed by atoms with Crippen molar-refractivity contribution in [3.05, 3.63) is 23.8 Å². The molecule has 2 atom stereocenters. The van der Waals surface area contributed by atoms with E-state index >= 15 is 0 Å². The molecule has 0 radical (unpaired) electrons. The van der Waals surface area contributed by atoms with Crippen molar-refractivity contribution in [2.75, 3.05) is 20.8 Å². The SMILES string of the molecule is CCC1CCNC1c1ccc(OC)c(OC)c1. The summed E-state index contributed by atoms with van der Waals surface area (Å²) in [5.41, 5.74) is 1.30. The highest BCUT2D eigenvalue weighted by molar-refractivity contribution is 5.44. The van der Waals surface area contributed by atoms with E-state index in [0.29, 0.717) is 6.04 Å². The Kier molecular flexibility index (Phi) is 3.89. The molecule has 1 N–H and O–H groups in total. The lowest BCUT2D eigenvalue weighted by Gasteiger charge is -2.19. The van der Waals surface area contributed by atoms with E-state index in [1.54, 1.807) is 14.2 Å². The Bertz CT molecular complexity index is 378. The molecule has 1 saturated heterocycles. The summed E-state index contributed by atoms with van der Waals surface area (Å²) in [7, 11) is 3.35. The Morgan fingerprint density at radius 2 is 2.00 bits per heavy atom. The minimum absolute atomic E-state index is 0.458. The minimum atomic E-state index is 0.458. The van der Waals surface area contributed by atoms with Crippen LogP contribution in [0, 0.1) is 5.92 Å². The van der Waals surface area contributed by atoms with Gasteiger partial charge in [-0.05, 0) is 36.6 Å². The van der Waals surface area contributed by atoms with Gasteiger partial charge in [-0.1, -0.05) is 19.4 Å². The van der Waals surface area contributed by atoms with Crippen molar-refractivity contribution >= 4 is 0 Å². The molecule has 1 aromatic rings. The molecule has 3 heteroatoms. The van der Waals surface area contributed by atoms with Crippen molar-refractivity contribution < 1.29 is 9.47 Å². The van der Waals surface area contributed by atoms with E-state index < -0.39 is 0 Å². The molecule has 0 aliphatic carbocycles. The topological polar surface area (TPSA) is 30.5 Å². The molecule has 94 valence electrons. The van der Waals surface area contributed by atoms with E-state index in [2.05, 4.69) is 24.4 Å². The van der Waals surface area contributed by atoms with Crippen LogP contribution in [0.15, 0.2) is 18.2 Å². The maximum absolute atomic E-state index is 5.35. The predicted molar refractivity (Wildman–Crippen MR) is 68.7 cm³/mol. The average molecular weight is 235 g/mol. The summed E-state index contributed by atoms with van der Waals surface area (Å²) in [5.74, 6) is 2.34. The second-order valence-electron chi connectivity index (χ2n) is 4.50. The van der Waals surface area contributed by atoms with Crippen LogP contribution < -0.4 is 14.8 Å². The van der Waals surface area contributed by atoms with Gasteiger partial charge < -0.3 is 14.8 Å². The molecule has 0 aromatic heterocycles. The molecule has 2 unspecified atom stereocenters. The summed E-state index contributed by atoms with van der Waals surface area (Å²) < 4.78 is 10.6. The minimum Gasteiger partial charge on any atom is -0.493 e. The molecule has 1 fully saturated rings. The van der Waals surface area contributed by atoms with Crippen molar-refractivity contribution in [1.82, 2.24) is 5.32 Å². The van der Waals surface area contributed by atoms with Crippen LogP contribution in [0.5, 0.6) is 11.5 Å². The molecule has 1 heterocycles. The van der Waals surface area contributed by atoms with E-state index in [-0.39, 0.29) is 0 Å². The Hall–Kier alpha value is -1.22. The lowest BCUT2D eigenvalue weighted by molar-refractivity contribution is 0.353. The van der Waals surface area contributed by atoms with Gasteiger partial charge in [0.1, 0.15) is 0 Å². The lowest BCUT2D eigenvalue weighted by atomic mass is 9.92. The molecule has 3 nitrogen and oxygen atoms in total. The molecule has 0 bridgehead atoms. The number of benzene rings is 1. The quantitative estimate of drug-likeness (QED) is 0.870. The maximum atomic E-state index is 5.35. The van der Waals surface area contributed by atoms with Crippen LogP contribution in [0.2, 0.25) is 0 Å². The van der Waals surface area contributed by atoms with E-state index in [9.17, 15) is 0 Å². The maximum Gasteiger partial charge on any atom is 0.161 e. The third-order valence-corrected chi connectivity index (χ3v) is 3.64. The first-order valence-electron chi connectivity index (χ1n) is 6.25. The third-order valence-electron chi connectivity index (χ3n) is 3.64. The van der Waals surface area contributed by atoms with E-state index in [1.165, 1.54) is 18.4 Å². The number of hydrogen-bond donors (Lipinski definition) is 1. The molecule has 0 spiro atoms. The number of methoxy groups -OCH3 is 2. The summed E-state index contributed by atoms with van der Waals surface area (Å²) in [4.78, 5) is 0. The Morgan fingerprint density at radius 3 is 2.65 bits per heavy atom. The van der Waals surface area contributed by atoms with Crippen molar-refractivity contribution in [2.45, 2.75) is 25.8 Å². The standard InChI is InChI=1S/C14H21NO2/c1-4-10-7-8-15-14(10)11-5-6-12(16-2)13(9-11)17-3/h5-6,9-10,14-15H,4,7-8H2,1-3H3.